The first-order valence-electron chi connectivity index (χ1n) is 5.31. The number of hydrogen-bond donors (Lipinski definition) is 2. The monoisotopic (exact) mass is 239 g/mol. The smallest absolute Gasteiger partial charge is 0.223 e. The Hall–Kier alpha value is -1.00. The number of aliphatic hydroxyl groups is 1. The zero-order valence-electron chi connectivity index (χ0n) is 9.17. The summed E-state index contributed by atoms with van der Waals surface area (Å²) in [4.78, 5) is 13.4. The van der Waals surface area contributed by atoms with Gasteiger partial charge < -0.3 is 10.0 Å². The Kier molecular flexibility index (Phi) is 5.96. The average molecular weight is 239 g/mol. The van der Waals surface area contributed by atoms with Crippen LogP contribution in [-0.4, -0.2) is 34.8 Å². The molecule has 3 nitrogen and oxygen atoms in total. The molecule has 0 aromatic heterocycles. The van der Waals surface area contributed by atoms with Crippen LogP contribution in [0.4, 0.5) is 0 Å². The summed E-state index contributed by atoms with van der Waals surface area (Å²) in [7, 11) is 0. The minimum atomic E-state index is -0.00878. The van der Waals surface area contributed by atoms with Gasteiger partial charge in [0.25, 0.3) is 0 Å². The molecule has 1 aromatic rings. The highest BCUT2D eigenvalue weighted by Gasteiger charge is 2.12. The van der Waals surface area contributed by atoms with E-state index in [0.717, 1.165) is 5.56 Å². The van der Waals surface area contributed by atoms with Gasteiger partial charge in [-0.3, -0.25) is 4.79 Å². The van der Waals surface area contributed by atoms with Crippen LogP contribution in [0.1, 0.15) is 12.0 Å². The molecular formula is C12H17NO2S. The minimum absolute atomic E-state index is 0.00878. The molecule has 0 aliphatic heterocycles. The van der Waals surface area contributed by atoms with Gasteiger partial charge in [0.05, 0.1) is 6.61 Å². The van der Waals surface area contributed by atoms with Crippen LogP contribution in [0.3, 0.4) is 0 Å². The third kappa shape index (κ3) is 4.24. The van der Waals surface area contributed by atoms with Crippen LogP contribution in [0, 0.1) is 0 Å². The van der Waals surface area contributed by atoms with Crippen molar-refractivity contribution in [3.8, 4) is 0 Å². The van der Waals surface area contributed by atoms with E-state index in [0.29, 0.717) is 25.3 Å². The Morgan fingerprint density at radius 2 is 2.00 bits per heavy atom. The summed E-state index contributed by atoms with van der Waals surface area (Å²) in [5.74, 6) is 0.572. The molecule has 0 spiro atoms. The van der Waals surface area contributed by atoms with Gasteiger partial charge in [0, 0.05) is 19.5 Å². The number of thiol groups is 1. The number of hydrogen-bond acceptors (Lipinski definition) is 3. The summed E-state index contributed by atoms with van der Waals surface area (Å²) in [5.41, 5.74) is 1.07. The Labute approximate surface area is 101 Å². The van der Waals surface area contributed by atoms with Crippen molar-refractivity contribution in [1.82, 2.24) is 4.90 Å². The molecule has 0 heterocycles. The fourth-order valence-corrected chi connectivity index (χ4v) is 1.66. The van der Waals surface area contributed by atoms with Gasteiger partial charge >= 0.3 is 0 Å². The number of aliphatic hydroxyl groups excluding tert-OH is 1. The Morgan fingerprint density at radius 1 is 1.31 bits per heavy atom. The molecule has 0 radical (unpaired) electrons. The fourth-order valence-electron chi connectivity index (χ4n) is 1.47. The molecule has 1 amide bonds. The second kappa shape index (κ2) is 7.30. The molecule has 4 heteroatoms. The molecule has 0 unspecified atom stereocenters. The summed E-state index contributed by atoms with van der Waals surface area (Å²) in [6, 6.07) is 9.76. The molecule has 1 rings (SSSR count). The second-order valence-corrected chi connectivity index (χ2v) is 3.95. The minimum Gasteiger partial charge on any atom is -0.395 e. The van der Waals surface area contributed by atoms with Crippen LogP contribution in [0.2, 0.25) is 0 Å². The molecule has 0 atom stereocenters. The van der Waals surface area contributed by atoms with Crippen LogP contribution < -0.4 is 0 Å². The standard InChI is InChI=1S/C12H17NO2S/c14-8-7-13(12(15)6-9-16)10-11-4-2-1-3-5-11/h1-5,14,16H,6-10H2. The molecule has 0 aliphatic carbocycles. The van der Waals surface area contributed by atoms with E-state index in [1.807, 2.05) is 30.3 Å². The van der Waals surface area contributed by atoms with E-state index in [1.54, 1.807) is 4.90 Å². The molecule has 1 N–H and O–H groups in total. The molecule has 0 fully saturated rings. The van der Waals surface area contributed by atoms with Crippen molar-refractivity contribution in [2.24, 2.45) is 0 Å². The van der Waals surface area contributed by atoms with Gasteiger partial charge in [-0.1, -0.05) is 30.3 Å². The van der Waals surface area contributed by atoms with Crippen molar-refractivity contribution in [3.05, 3.63) is 35.9 Å². The third-order valence-electron chi connectivity index (χ3n) is 2.26. The van der Waals surface area contributed by atoms with E-state index in [9.17, 15) is 4.79 Å². The maximum Gasteiger partial charge on any atom is 0.223 e. The average Bonchev–Trinajstić information content (AvgIpc) is 2.30. The Morgan fingerprint density at radius 3 is 2.56 bits per heavy atom. The lowest BCUT2D eigenvalue weighted by molar-refractivity contribution is -0.131. The number of rotatable bonds is 6. The van der Waals surface area contributed by atoms with Crippen molar-refractivity contribution in [3.63, 3.8) is 0 Å². The summed E-state index contributed by atoms with van der Waals surface area (Å²) >= 11 is 4.04. The predicted molar refractivity (Wildman–Crippen MR) is 67.4 cm³/mol. The summed E-state index contributed by atoms with van der Waals surface area (Å²) < 4.78 is 0. The van der Waals surface area contributed by atoms with Crippen LogP contribution in [0.5, 0.6) is 0 Å². The van der Waals surface area contributed by atoms with Crippen molar-refractivity contribution >= 4 is 18.5 Å². The Balaban J connectivity index is 2.60. The number of carbonyl (C=O) groups excluding carboxylic acids is 1. The van der Waals surface area contributed by atoms with Crippen LogP contribution >= 0.6 is 12.6 Å². The van der Waals surface area contributed by atoms with Crippen molar-refractivity contribution in [2.45, 2.75) is 13.0 Å². The molecule has 1 aromatic carbocycles. The van der Waals surface area contributed by atoms with Gasteiger partial charge in [0.1, 0.15) is 0 Å². The summed E-state index contributed by atoms with van der Waals surface area (Å²) in [6.07, 6.45) is 0.413. The van der Waals surface area contributed by atoms with Crippen LogP contribution in [0.25, 0.3) is 0 Å². The van der Waals surface area contributed by atoms with E-state index >= 15 is 0 Å². The first kappa shape index (κ1) is 13.1. The summed E-state index contributed by atoms with van der Waals surface area (Å²) in [6.45, 7) is 0.917. The number of carbonyl (C=O) groups is 1. The SMILES string of the molecule is O=C(CCS)N(CCO)Cc1ccccc1. The van der Waals surface area contributed by atoms with E-state index < -0.39 is 0 Å². The molecule has 0 saturated carbocycles. The van der Waals surface area contributed by atoms with Gasteiger partial charge in [-0.15, -0.1) is 0 Å². The number of benzene rings is 1. The maximum absolute atomic E-state index is 11.7. The highest BCUT2D eigenvalue weighted by atomic mass is 32.1. The summed E-state index contributed by atoms with van der Waals surface area (Å²) in [5, 5.41) is 8.92. The molecule has 0 bridgehead atoms. The molecule has 88 valence electrons. The van der Waals surface area contributed by atoms with Crippen LogP contribution in [-0.2, 0) is 11.3 Å². The largest absolute Gasteiger partial charge is 0.395 e. The zero-order valence-corrected chi connectivity index (χ0v) is 10.1. The van der Waals surface area contributed by atoms with E-state index in [-0.39, 0.29) is 12.5 Å². The van der Waals surface area contributed by atoms with E-state index in [2.05, 4.69) is 12.6 Å². The predicted octanol–water partition coefficient (Wildman–Crippen LogP) is 1.33. The fraction of sp³-hybridized carbons (Fsp3) is 0.417. The third-order valence-corrected chi connectivity index (χ3v) is 2.49. The Bertz CT molecular complexity index is 316. The lowest BCUT2D eigenvalue weighted by Gasteiger charge is -2.21. The molecule has 16 heavy (non-hydrogen) atoms. The van der Waals surface area contributed by atoms with Gasteiger partial charge in [0.15, 0.2) is 0 Å². The van der Waals surface area contributed by atoms with Gasteiger partial charge in [0.2, 0.25) is 5.91 Å². The van der Waals surface area contributed by atoms with Gasteiger partial charge in [-0.2, -0.15) is 12.6 Å². The zero-order chi connectivity index (χ0) is 11.8. The molecular weight excluding hydrogens is 222 g/mol. The topological polar surface area (TPSA) is 40.5 Å². The quantitative estimate of drug-likeness (QED) is 0.735. The van der Waals surface area contributed by atoms with E-state index in [4.69, 9.17) is 5.11 Å². The van der Waals surface area contributed by atoms with Crippen molar-refractivity contribution in [1.29, 1.82) is 0 Å². The van der Waals surface area contributed by atoms with E-state index in [1.165, 1.54) is 0 Å². The molecule has 0 saturated heterocycles. The number of nitrogens with zero attached hydrogens (tertiary/aromatic N) is 1. The normalized spacial score (nSPS) is 10.1. The second-order valence-electron chi connectivity index (χ2n) is 3.50. The maximum atomic E-state index is 11.7. The first-order chi connectivity index (χ1) is 7.77. The van der Waals surface area contributed by atoms with Gasteiger partial charge in [-0.05, 0) is 11.3 Å². The highest BCUT2D eigenvalue weighted by molar-refractivity contribution is 7.80. The highest BCUT2D eigenvalue weighted by Crippen LogP contribution is 2.06. The first-order valence-corrected chi connectivity index (χ1v) is 5.94. The molecule has 0 aliphatic rings. The van der Waals surface area contributed by atoms with Gasteiger partial charge in [-0.25, -0.2) is 0 Å². The number of amides is 1. The van der Waals surface area contributed by atoms with Crippen molar-refractivity contribution < 1.29 is 9.90 Å². The lowest BCUT2D eigenvalue weighted by Crippen LogP contribution is -2.33. The lowest BCUT2D eigenvalue weighted by atomic mass is 10.2. The van der Waals surface area contributed by atoms with Crippen molar-refractivity contribution in [2.75, 3.05) is 18.9 Å². The van der Waals surface area contributed by atoms with Crippen LogP contribution in [0.15, 0.2) is 30.3 Å².